The van der Waals surface area contributed by atoms with Gasteiger partial charge in [-0.2, -0.15) is 5.10 Å². The standard InChI is InChI=1S/C21H25N5O3S/c1-15-9-10-17(30(28,29)25-21(2,3)4)11-18(15)20(27)24-19-8-6-5-7-16(19)12-26-14-22-13-23-26/h5-11,13-14,25H,12H2,1-4H3,(H,24,27). The van der Waals surface area contributed by atoms with Crippen LogP contribution in [0, 0.1) is 6.92 Å². The Kier molecular flexibility index (Phi) is 6.04. The Hall–Kier alpha value is -3.04. The van der Waals surface area contributed by atoms with Gasteiger partial charge >= 0.3 is 0 Å². The van der Waals surface area contributed by atoms with Crippen LogP contribution in [0.25, 0.3) is 0 Å². The Balaban J connectivity index is 1.88. The average molecular weight is 428 g/mol. The maximum atomic E-state index is 13.0. The molecule has 0 unspecified atom stereocenters. The summed E-state index contributed by atoms with van der Waals surface area (Å²) < 4.78 is 29.6. The van der Waals surface area contributed by atoms with Crippen LogP contribution in [-0.2, 0) is 16.6 Å². The number of carbonyl (C=O) groups excluding carboxylic acids is 1. The predicted octanol–water partition coefficient (Wildman–Crippen LogP) is 2.96. The van der Waals surface area contributed by atoms with Crippen LogP contribution in [0.5, 0.6) is 0 Å². The van der Waals surface area contributed by atoms with Gasteiger partial charge in [-0.15, -0.1) is 0 Å². The molecular formula is C21H25N5O3S. The highest BCUT2D eigenvalue weighted by Crippen LogP contribution is 2.21. The number of benzene rings is 2. The Bertz CT molecular complexity index is 1150. The highest BCUT2D eigenvalue weighted by Gasteiger charge is 2.23. The number of aromatic nitrogens is 3. The van der Waals surface area contributed by atoms with E-state index in [2.05, 4.69) is 20.1 Å². The Labute approximate surface area is 176 Å². The Morgan fingerprint density at radius 3 is 2.53 bits per heavy atom. The number of rotatable bonds is 6. The van der Waals surface area contributed by atoms with E-state index in [0.717, 1.165) is 5.56 Å². The summed E-state index contributed by atoms with van der Waals surface area (Å²) in [5, 5.41) is 6.98. The van der Waals surface area contributed by atoms with Crippen molar-refractivity contribution in [2.45, 2.75) is 44.7 Å². The van der Waals surface area contributed by atoms with Crippen LogP contribution in [0.2, 0.25) is 0 Å². The third-order valence-electron chi connectivity index (χ3n) is 4.27. The first-order chi connectivity index (χ1) is 14.0. The molecule has 0 aliphatic carbocycles. The molecule has 0 aliphatic rings. The van der Waals surface area contributed by atoms with E-state index >= 15 is 0 Å². The van der Waals surface area contributed by atoms with Crippen LogP contribution in [0.15, 0.2) is 60.0 Å². The topological polar surface area (TPSA) is 106 Å². The number of aryl methyl sites for hydroxylation is 1. The number of nitrogens with zero attached hydrogens (tertiary/aromatic N) is 3. The lowest BCUT2D eigenvalue weighted by Crippen LogP contribution is -2.40. The van der Waals surface area contributed by atoms with E-state index < -0.39 is 15.6 Å². The second-order valence-corrected chi connectivity index (χ2v) is 9.72. The zero-order chi connectivity index (χ0) is 21.9. The Morgan fingerprint density at radius 1 is 1.13 bits per heavy atom. The predicted molar refractivity (Wildman–Crippen MR) is 115 cm³/mol. The molecule has 1 aromatic heterocycles. The zero-order valence-electron chi connectivity index (χ0n) is 17.4. The Morgan fingerprint density at radius 2 is 1.87 bits per heavy atom. The van der Waals surface area contributed by atoms with E-state index in [0.29, 0.717) is 23.4 Å². The van der Waals surface area contributed by atoms with Gasteiger partial charge in [-0.1, -0.05) is 24.3 Å². The minimum absolute atomic E-state index is 0.0454. The number of carbonyl (C=O) groups is 1. The number of amides is 1. The molecule has 9 heteroatoms. The second kappa shape index (κ2) is 8.37. The van der Waals surface area contributed by atoms with Crippen molar-refractivity contribution in [2.75, 3.05) is 5.32 Å². The molecule has 0 bridgehead atoms. The third-order valence-corrected chi connectivity index (χ3v) is 6.02. The van der Waals surface area contributed by atoms with Gasteiger partial charge in [0.05, 0.1) is 11.4 Å². The van der Waals surface area contributed by atoms with Gasteiger partial charge in [-0.3, -0.25) is 4.79 Å². The van der Waals surface area contributed by atoms with Crippen molar-refractivity contribution in [2.24, 2.45) is 0 Å². The number of para-hydroxylation sites is 1. The van der Waals surface area contributed by atoms with Gasteiger partial charge in [0.2, 0.25) is 10.0 Å². The molecule has 0 spiro atoms. The van der Waals surface area contributed by atoms with Gasteiger partial charge in [-0.25, -0.2) is 22.8 Å². The molecule has 0 saturated heterocycles. The molecule has 1 amide bonds. The molecule has 0 radical (unpaired) electrons. The monoisotopic (exact) mass is 427 g/mol. The van der Waals surface area contributed by atoms with E-state index in [9.17, 15) is 13.2 Å². The summed E-state index contributed by atoms with van der Waals surface area (Å²) in [5.41, 5.74) is 1.82. The van der Waals surface area contributed by atoms with Crippen molar-refractivity contribution >= 4 is 21.6 Å². The summed E-state index contributed by atoms with van der Waals surface area (Å²) in [6, 6.07) is 11.9. The summed E-state index contributed by atoms with van der Waals surface area (Å²) >= 11 is 0. The highest BCUT2D eigenvalue weighted by atomic mass is 32.2. The summed E-state index contributed by atoms with van der Waals surface area (Å²) in [7, 11) is -3.75. The average Bonchev–Trinajstić information content (AvgIpc) is 3.14. The van der Waals surface area contributed by atoms with Crippen LogP contribution in [0.4, 0.5) is 5.69 Å². The van der Waals surface area contributed by atoms with E-state index in [-0.39, 0.29) is 10.8 Å². The van der Waals surface area contributed by atoms with Gasteiger partial charge in [0.1, 0.15) is 12.7 Å². The molecule has 0 saturated carbocycles. The molecule has 0 aliphatic heterocycles. The maximum absolute atomic E-state index is 13.0. The zero-order valence-corrected chi connectivity index (χ0v) is 18.2. The van der Waals surface area contributed by atoms with E-state index in [1.807, 2.05) is 18.2 Å². The summed E-state index contributed by atoms with van der Waals surface area (Å²) in [6.07, 6.45) is 3.04. The molecule has 30 heavy (non-hydrogen) atoms. The molecule has 2 aromatic carbocycles. The summed E-state index contributed by atoms with van der Waals surface area (Å²) in [6.45, 7) is 7.50. The first-order valence-electron chi connectivity index (χ1n) is 9.41. The molecule has 3 rings (SSSR count). The smallest absolute Gasteiger partial charge is 0.255 e. The fourth-order valence-corrected chi connectivity index (χ4v) is 4.38. The SMILES string of the molecule is Cc1ccc(S(=O)(=O)NC(C)(C)C)cc1C(=O)Nc1ccccc1Cn1cncn1. The summed E-state index contributed by atoms with van der Waals surface area (Å²) in [4.78, 5) is 17.0. The van der Waals surface area contributed by atoms with Crippen molar-refractivity contribution in [1.29, 1.82) is 0 Å². The van der Waals surface area contributed by atoms with E-state index in [1.54, 1.807) is 50.8 Å². The number of hydrogen-bond donors (Lipinski definition) is 2. The van der Waals surface area contributed by atoms with E-state index in [4.69, 9.17) is 0 Å². The fraction of sp³-hybridized carbons (Fsp3) is 0.286. The molecule has 0 fully saturated rings. The van der Waals surface area contributed by atoms with Crippen molar-refractivity contribution in [3.63, 3.8) is 0 Å². The van der Waals surface area contributed by atoms with Gasteiger partial charge < -0.3 is 5.32 Å². The van der Waals surface area contributed by atoms with Crippen LogP contribution in [0.3, 0.4) is 0 Å². The lowest BCUT2D eigenvalue weighted by atomic mass is 10.1. The van der Waals surface area contributed by atoms with Crippen LogP contribution in [0.1, 0.15) is 42.3 Å². The third kappa shape index (κ3) is 5.31. The molecule has 1 heterocycles. The van der Waals surface area contributed by atoms with Gasteiger partial charge in [0, 0.05) is 16.8 Å². The number of hydrogen-bond acceptors (Lipinski definition) is 5. The number of anilines is 1. The second-order valence-electron chi connectivity index (χ2n) is 8.04. The minimum Gasteiger partial charge on any atom is -0.322 e. The van der Waals surface area contributed by atoms with Gasteiger partial charge in [-0.05, 0) is 57.0 Å². The molecule has 8 nitrogen and oxygen atoms in total. The van der Waals surface area contributed by atoms with Gasteiger partial charge in [0.25, 0.3) is 5.91 Å². The van der Waals surface area contributed by atoms with Crippen molar-refractivity contribution in [1.82, 2.24) is 19.5 Å². The van der Waals surface area contributed by atoms with Crippen molar-refractivity contribution in [3.8, 4) is 0 Å². The van der Waals surface area contributed by atoms with Crippen LogP contribution < -0.4 is 10.0 Å². The normalized spacial score (nSPS) is 12.0. The lowest BCUT2D eigenvalue weighted by molar-refractivity contribution is 0.102. The lowest BCUT2D eigenvalue weighted by Gasteiger charge is -2.21. The van der Waals surface area contributed by atoms with Gasteiger partial charge in [0.15, 0.2) is 0 Å². The molecular weight excluding hydrogens is 402 g/mol. The van der Waals surface area contributed by atoms with Crippen LogP contribution >= 0.6 is 0 Å². The number of sulfonamides is 1. The quantitative estimate of drug-likeness (QED) is 0.629. The first kappa shape index (κ1) is 21.7. The number of nitrogens with one attached hydrogen (secondary N) is 2. The minimum atomic E-state index is -3.75. The molecule has 2 N–H and O–H groups in total. The summed E-state index contributed by atoms with van der Waals surface area (Å²) in [5.74, 6) is -0.383. The molecule has 3 aromatic rings. The van der Waals surface area contributed by atoms with Crippen molar-refractivity contribution < 1.29 is 13.2 Å². The fourth-order valence-electron chi connectivity index (χ4n) is 2.93. The van der Waals surface area contributed by atoms with E-state index in [1.165, 1.54) is 18.5 Å². The van der Waals surface area contributed by atoms with Crippen molar-refractivity contribution in [3.05, 3.63) is 71.8 Å². The maximum Gasteiger partial charge on any atom is 0.255 e. The molecule has 0 atom stereocenters. The highest BCUT2D eigenvalue weighted by molar-refractivity contribution is 7.89. The molecule has 158 valence electrons. The van der Waals surface area contributed by atoms with Crippen LogP contribution in [-0.4, -0.2) is 34.6 Å². The first-order valence-corrected chi connectivity index (χ1v) is 10.9. The largest absolute Gasteiger partial charge is 0.322 e.